The van der Waals surface area contributed by atoms with Crippen LogP contribution in [0.15, 0.2) is 24.3 Å². The Labute approximate surface area is 95.8 Å². The molecule has 2 rings (SSSR count). The van der Waals surface area contributed by atoms with Gasteiger partial charge in [0.2, 0.25) is 0 Å². The van der Waals surface area contributed by atoms with Gasteiger partial charge in [-0.15, -0.1) is 0 Å². The predicted molar refractivity (Wildman–Crippen MR) is 52.7 cm³/mol. The van der Waals surface area contributed by atoms with Gasteiger partial charge in [0.1, 0.15) is 31.2 Å². The normalized spacial score (nSPS) is 24.0. The fourth-order valence-corrected chi connectivity index (χ4v) is 1.66. The van der Waals surface area contributed by atoms with E-state index in [1.54, 1.807) is 24.3 Å². The summed E-state index contributed by atoms with van der Waals surface area (Å²) in [7, 11) is 0. The van der Waals surface area contributed by atoms with Crippen LogP contribution in [0, 0.1) is 0 Å². The van der Waals surface area contributed by atoms with Crippen LogP contribution in [0.4, 0.5) is 13.2 Å². The summed E-state index contributed by atoms with van der Waals surface area (Å²) in [4.78, 5) is 0. The number of halogens is 3. The van der Waals surface area contributed by atoms with Gasteiger partial charge in [0.15, 0.2) is 0 Å². The van der Waals surface area contributed by atoms with E-state index in [4.69, 9.17) is 4.74 Å². The summed E-state index contributed by atoms with van der Waals surface area (Å²) in [5.41, 5.74) is 0.450. The molecule has 94 valence electrons. The number of para-hydroxylation sites is 1. The van der Waals surface area contributed by atoms with Crippen LogP contribution in [-0.4, -0.2) is 30.6 Å². The third-order valence-electron chi connectivity index (χ3n) is 2.45. The third kappa shape index (κ3) is 2.89. The quantitative estimate of drug-likeness (QED) is 0.870. The highest BCUT2D eigenvalue weighted by Crippen LogP contribution is 2.33. The molecule has 0 fully saturated rings. The molecule has 1 aliphatic heterocycles. The first-order valence-electron chi connectivity index (χ1n) is 5.05. The molecule has 2 atom stereocenters. The number of hydrogen-bond donors (Lipinski definition) is 1. The van der Waals surface area contributed by atoms with Gasteiger partial charge in [0, 0.05) is 5.56 Å². The van der Waals surface area contributed by atoms with E-state index >= 15 is 0 Å². The van der Waals surface area contributed by atoms with E-state index < -0.39 is 25.0 Å². The summed E-state index contributed by atoms with van der Waals surface area (Å²) >= 11 is 0. The average molecular weight is 248 g/mol. The molecule has 2 unspecified atom stereocenters. The highest BCUT2D eigenvalue weighted by Gasteiger charge is 2.34. The zero-order valence-corrected chi connectivity index (χ0v) is 8.78. The van der Waals surface area contributed by atoms with Crippen LogP contribution in [0.1, 0.15) is 11.7 Å². The van der Waals surface area contributed by atoms with Gasteiger partial charge in [0.05, 0.1) is 0 Å². The molecule has 1 heterocycles. The Balaban J connectivity index is 2.05. The first kappa shape index (κ1) is 12.2. The minimum Gasteiger partial charge on any atom is -0.490 e. The molecule has 0 saturated carbocycles. The van der Waals surface area contributed by atoms with Crippen molar-refractivity contribution in [3.05, 3.63) is 29.8 Å². The standard InChI is InChI=1S/C11H11F3O3/c12-11(13,14)6-17-9-5-16-8-4-2-1-3-7(8)10(9)15/h1-4,9-10,15H,5-6H2. The Kier molecular flexibility index (Phi) is 3.26. The Morgan fingerprint density at radius 2 is 2.06 bits per heavy atom. The van der Waals surface area contributed by atoms with Gasteiger partial charge in [-0.3, -0.25) is 0 Å². The maximum Gasteiger partial charge on any atom is 0.411 e. The zero-order chi connectivity index (χ0) is 12.5. The van der Waals surface area contributed by atoms with Crippen molar-refractivity contribution < 1.29 is 27.8 Å². The van der Waals surface area contributed by atoms with Gasteiger partial charge >= 0.3 is 6.18 Å². The lowest BCUT2D eigenvalue weighted by molar-refractivity contribution is -0.201. The molecule has 1 N–H and O–H groups in total. The molecule has 3 nitrogen and oxygen atoms in total. The van der Waals surface area contributed by atoms with Crippen molar-refractivity contribution in [1.29, 1.82) is 0 Å². The second-order valence-corrected chi connectivity index (χ2v) is 3.76. The molecule has 0 aromatic heterocycles. The second-order valence-electron chi connectivity index (χ2n) is 3.76. The fourth-order valence-electron chi connectivity index (χ4n) is 1.66. The first-order valence-corrected chi connectivity index (χ1v) is 5.05. The number of benzene rings is 1. The summed E-state index contributed by atoms with van der Waals surface area (Å²) in [6, 6.07) is 6.65. The van der Waals surface area contributed by atoms with Gasteiger partial charge in [-0.05, 0) is 6.07 Å². The van der Waals surface area contributed by atoms with Gasteiger partial charge in [-0.25, -0.2) is 0 Å². The molecule has 1 aliphatic rings. The van der Waals surface area contributed by atoms with Crippen molar-refractivity contribution in [2.75, 3.05) is 13.2 Å². The van der Waals surface area contributed by atoms with Crippen LogP contribution in [0.5, 0.6) is 5.75 Å². The Bertz CT molecular complexity index is 392. The third-order valence-corrected chi connectivity index (χ3v) is 2.45. The minimum absolute atomic E-state index is 0.0890. The molecule has 0 amide bonds. The summed E-state index contributed by atoms with van der Waals surface area (Å²) in [6.07, 6.45) is -6.50. The lowest BCUT2D eigenvalue weighted by Crippen LogP contribution is -2.36. The number of ether oxygens (including phenoxy) is 2. The largest absolute Gasteiger partial charge is 0.490 e. The SMILES string of the molecule is OC1c2ccccc2OCC1OCC(F)(F)F. The van der Waals surface area contributed by atoms with Gasteiger partial charge in [-0.2, -0.15) is 13.2 Å². The van der Waals surface area contributed by atoms with Crippen LogP contribution >= 0.6 is 0 Å². The molecular formula is C11H11F3O3. The van der Waals surface area contributed by atoms with E-state index in [0.29, 0.717) is 11.3 Å². The van der Waals surface area contributed by atoms with E-state index in [0.717, 1.165) is 0 Å². The number of aliphatic hydroxyl groups excluding tert-OH is 1. The van der Waals surface area contributed by atoms with Crippen molar-refractivity contribution in [2.45, 2.75) is 18.4 Å². The summed E-state index contributed by atoms with van der Waals surface area (Å²) in [5, 5.41) is 9.85. The topological polar surface area (TPSA) is 38.7 Å². The predicted octanol–water partition coefficient (Wildman–Crippen LogP) is 2.06. The molecule has 0 bridgehead atoms. The van der Waals surface area contributed by atoms with Crippen molar-refractivity contribution in [3.63, 3.8) is 0 Å². The van der Waals surface area contributed by atoms with Gasteiger partial charge in [-0.1, -0.05) is 18.2 Å². The summed E-state index contributed by atoms with van der Waals surface area (Å²) < 4.78 is 45.8. The number of alkyl halides is 3. The number of aliphatic hydroxyl groups is 1. The van der Waals surface area contributed by atoms with E-state index in [1.165, 1.54) is 0 Å². The molecule has 1 aromatic rings. The second kappa shape index (κ2) is 4.54. The van der Waals surface area contributed by atoms with Crippen LogP contribution in [0.3, 0.4) is 0 Å². The number of hydrogen-bond acceptors (Lipinski definition) is 3. The van der Waals surface area contributed by atoms with E-state index in [2.05, 4.69) is 4.74 Å². The Morgan fingerprint density at radius 3 is 2.76 bits per heavy atom. The average Bonchev–Trinajstić information content (AvgIpc) is 2.27. The van der Waals surface area contributed by atoms with Crippen molar-refractivity contribution in [2.24, 2.45) is 0 Å². The lowest BCUT2D eigenvalue weighted by Gasteiger charge is -2.30. The van der Waals surface area contributed by atoms with Crippen LogP contribution in [0.2, 0.25) is 0 Å². The van der Waals surface area contributed by atoms with E-state index in [1.807, 2.05) is 0 Å². The molecule has 1 aromatic carbocycles. The van der Waals surface area contributed by atoms with Gasteiger partial charge in [0.25, 0.3) is 0 Å². The van der Waals surface area contributed by atoms with E-state index in [-0.39, 0.29) is 6.61 Å². The minimum atomic E-state index is -4.41. The molecular weight excluding hydrogens is 237 g/mol. The Hall–Kier alpha value is -1.27. The maximum absolute atomic E-state index is 12.0. The molecule has 0 radical (unpaired) electrons. The summed E-state index contributed by atoms with van der Waals surface area (Å²) in [5.74, 6) is 0.479. The van der Waals surface area contributed by atoms with Crippen LogP contribution in [0.25, 0.3) is 0 Å². The molecule has 6 heteroatoms. The summed E-state index contributed by atoms with van der Waals surface area (Å²) in [6.45, 7) is -1.48. The first-order chi connectivity index (χ1) is 7.97. The monoisotopic (exact) mass is 248 g/mol. The fraction of sp³-hybridized carbons (Fsp3) is 0.455. The van der Waals surface area contributed by atoms with Crippen LogP contribution in [-0.2, 0) is 4.74 Å². The number of rotatable bonds is 2. The molecule has 0 saturated heterocycles. The zero-order valence-electron chi connectivity index (χ0n) is 8.78. The highest BCUT2D eigenvalue weighted by atomic mass is 19.4. The van der Waals surface area contributed by atoms with Crippen molar-refractivity contribution in [1.82, 2.24) is 0 Å². The number of fused-ring (bicyclic) bond motifs is 1. The molecule has 0 aliphatic carbocycles. The highest BCUT2D eigenvalue weighted by molar-refractivity contribution is 5.37. The van der Waals surface area contributed by atoms with Gasteiger partial charge < -0.3 is 14.6 Å². The molecule has 17 heavy (non-hydrogen) atoms. The lowest BCUT2D eigenvalue weighted by atomic mass is 10.0. The van der Waals surface area contributed by atoms with Crippen molar-refractivity contribution >= 4 is 0 Å². The Morgan fingerprint density at radius 1 is 1.35 bits per heavy atom. The maximum atomic E-state index is 12.0. The van der Waals surface area contributed by atoms with E-state index in [9.17, 15) is 18.3 Å². The van der Waals surface area contributed by atoms with Crippen molar-refractivity contribution in [3.8, 4) is 5.75 Å². The molecule has 0 spiro atoms. The van der Waals surface area contributed by atoms with Crippen LogP contribution < -0.4 is 4.74 Å². The smallest absolute Gasteiger partial charge is 0.411 e.